The van der Waals surface area contributed by atoms with Crippen LogP contribution in [-0.4, -0.2) is 29.8 Å². The van der Waals surface area contributed by atoms with Crippen LogP contribution >= 0.6 is 0 Å². The molecule has 0 fully saturated rings. The molecule has 3 amide bonds. The molecule has 134 valence electrons. The Morgan fingerprint density at radius 2 is 1.75 bits per heavy atom. The maximum atomic E-state index is 13.5. The van der Waals surface area contributed by atoms with Crippen LogP contribution in [0.15, 0.2) is 18.2 Å². The van der Waals surface area contributed by atoms with Gasteiger partial charge in [-0.05, 0) is 46.8 Å². The van der Waals surface area contributed by atoms with E-state index in [4.69, 9.17) is 4.74 Å². The molecule has 6 nitrogen and oxygen atoms in total. The molecule has 1 aromatic rings. The highest BCUT2D eigenvalue weighted by molar-refractivity contribution is 5.89. The van der Waals surface area contributed by atoms with Gasteiger partial charge in [-0.25, -0.2) is 18.4 Å². The van der Waals surface area contributed by atoms with Gasteiger partial charge in [0.1, 0.15) is 17.2 Å². The lowest BCUT2D eigenvalue weighted by atomic mass is 10.1. The summed E-state index contributed by atoms with van der Waals surface area (Å²) in [4.78, 5) is 23.5. The largest absolute Gasteiger partial charge is 0.444 e. The van der Waals surface area contributed by atoms with E-state index in [1.54, 1.807) is 34.6 Å². The Morgan fingerprint density at radius 1 is 1.12 bits per heavy atom. The normalized spacial score (nSPS) is 11.6. The molecule has 1 aromatic carbocycles. The summed E-state index contributed by atoms with van der Waals surface area (Å²) in [5.74, 6) is -1.42. The number of carbonyl (C=O) groups is 2. The SMILES string of the molecule is CC(C)(CNC(=O)OC(C)(C)C)NC(=O)Nc1cc(F)ccc1F. The van der Waals surface area contributed by atoms with Crippen molar-refractivity contribution in [3.63, 3.8) is 0 Å². The Hall–Kier alpha value is -2.38. The molecule has 0 aromatic heterocycles. The molecule has 0 radical (unpaired) electrons. The molecule has 0 aliphatic heterocycles. The fourth-order valence-corrected chi connectivity index (χ4v) is 1.71. The topological polar surface area (TPSA) is 79.5 Å². The van der Waals surface area contributed by atoms with E-state index in [1.165, 1.54) is 0 Å². The second kappa shape index (κ2) is 7.46. The van der Waals surface area contributed by atoms with Crippen LogP contribution in [0.25, 0.3) is 0 Å². The molecule has 0 saturated heterocycles. The molecule has 0 atom stereocenters. The number of hydrogen-bond acceptors (Lipinski definition) is 3. The van der Waals surface area contributed by atoms with E-state index in [-0.39, 0.29) is 12.2 Å². The number of alkyl carbamates (subject to hydrolysis) is 1. The quantitative estimate of drug-likeness (QED) is 0.784. The predicted molar refractivity (Wildman–Crippen MR) is 86.8 cm³/mol. The van der Waals surface area contributed by atoms with E-state index in [0.29, 0.717) is 0 Å². The summed E-state index contributed by atoms with van der Waals surface area (Å²) in [6, 6.07) is 2.02. The molecule has 0 heterocycles. The van der Waals surface area contributed by atoms with Crippen molar-refractivity contribution in [1.82, 2.24) is 10.6 Å². The van der Waals surface area contributed by atoms with Crippen LogP contribution in [0.1, 0.15) is 34.6 Å². The first kappa shape index (κ1) is 19.7. The fraction of sp³-hybridized carbons (Fsp3) is 0.500. The van der Waals surface area contributed by atoms with Crippen LogP contribution in [0.2, 0.25) is 0 Å². The lowest BCUT2D eigenvalue weighted by molar-refractivity contribution is 0.0514. The third kappa shape index (κ3) is 7.26. The molecule has 0 unspecified atom stereocenters. The van der Waals surface area contributed by atoms with Crippen molar-refractivity contribution < 1.29 is 23.1 Å². The number of rotatable bonds is 4. The van der Waals surface area contributed by atoms with Gasteiger partial charge < -0.3 is 20.7 Å². The molecule has 8 heteroatoms. The molecule has 1 rings (SSSR count). The van der Waals surface area contributed by atoms with Crippen LogP contribution < -0.4 is 16.0 Å². The van der Waals surface area contributed by atoms with E-state index in [9.17, 15) is 18.4 Å². The van der Waals surface area contributed by atoms with Gasteiger partial charge in [-0.1, -0.05) is 0 Å². The summed E-state index contributed by atoms with van der Waals surface area (Å²) < 4.78 is 31.7. The van der Waals surface area contributed by atoms with Gasteiger partial charge in [0, 0.05) is 12.6 Å². The number of halogens is 2. The number of amides is 3. The molecular weight excluding hydrogens is 320 g/mol. The Balaban J connectivity index is 2.55. The van der Waals surface area contributed by atoms with Crippen molar-refractivity contribution in [2.24, 2.45) is 0 Å². The Labute approximate surface area is 139 Å². The summed E-state index contributed by atoms with van der Waals surface area (Å²) >= 11 is 0. The van der Waals surface area contributed by atoms with Crippen LogP contribution in [0.5, 0.6) is 0 Å². The standard InChI is InChI=1S/C16H23F2N3O3/c1-15(2,3)24-14(23)19-9-16(4,5)21-13(22)20-12-8-10(17)6-7-11(12)18/h6-8H,9H2,1-5H3,(H,19,23)(H2,20,21,22). The average Bonchev–Trinajstić information content (AvgIpc) is 2.38. The van der Waals surface area contributed by atoms with Crippen molar-refractivity contribution in [3.05, 3.63) is 29.8 Å². The van der Waals surface area contributed by atoms with E-state index in [2.05, 4.69) is 16.0 Å². The van der Waals surface area contributed by atoms with Crippen molar-refractivity contribution in [2.75, 3.05) is 11.9 Å². The molecule has 0 aliphatic carbocycles. The molecule has 0 saturated carbocycles. The molecule has 0 spiro atoms. The van der Waals surface area contributed by atoms with Gasteiger partial charge in [-0.3, -0.25) is 0 Å². The zero-order valence-electron chi connectivity index (χ0n) is 14.4. The van der Waals surface area contributed by atoms with E-state index in [1.807, 2.05) is 0 Å². The van der Waals surface area contributed by atoms with E-state index >= 15 is 0 Å². The monoisotopic (exact) mass is 343 g/mol. The molecule has 3 N–H and O–H groups in total. The van der Waals surface area contributed by atoms with Crippen molar-refractivity contribution in [1.29, 1.82) is 0 Å². The van der Waals surface area contributed by atoms with Gasteiger partial charge in [-0.15, -0.1) is 0 Å². The second-order valence-corrected chi connectivity index (χ2v) is 6.94. The second-order valence-electron chi connectivity index (χ2n) is 6.94. The molecule has 0 aliphatic rings. The van der Waals surface area contributed by atoms with E-state index in [0.717, 1.165) is 18.2 Å². The van der Waals surface area contributed by atoms with Gasteiger partial charge in [0.15, 0.2) is 0 Å². The number of anilines is 1. The Bertz CT molecular complexity index is 613. The number of hydrogen-bond donors (Lipinski definition) is 3. The third-order valence-electron chi connectivity index (χ3n) is 2.70. The lowest BCUT2D eigenvalue weighted by Gasteiger charge is -2.27. The number of carbonyl (C=O) groups excluding carboxylic acids is 2. The zero-order valence-corrected chi connectivity index (χ0v) is 14.4. The van der Waals surface area contributed by atoms with Crippen LogP contribution in [0, 0.1) is 11.6 Å². The van der Waals surface area contributed by atoms with Gasteiger partial charge in [-0.2, -0.15) is 0 Å². The van der Waals surface area contributed by atoms with Crippen LogP contribution in [-0.2, 0) is 4.74 Å². The maximum absolute atomic E-state index is 13.5. The van der Waals surface area contributed by atoms with Gasteiger partial charge in [0.2, 0.25) is 0 Å². The van der Waals surface area contributed by atoms with Crippen LogP contribution in [0.4, 0.5) is 24.1 Å². The lowest BCUT2D eigenvalue weighted by Crippen LogP contribution is -2.53. The smallest absolute Gasteiger partial charge is 0.407 e. The summed E-state index contributed by atoms with van der Waals surface area (Å²) in [5.41, 5.74) is -1.75. The van der Waals surface area contributed by atoms with Gasteiger partial charge >= 0.3 is 12.1 Å². The number of ether oxygens (including phenoxy) is 1. The highest BCUT2D eigenvalue weighted by Crippen LogP contribution is 2.15. The third-order valence-corrected chi connectivity index (χ3v) is 2.70. The zero-order chi connectivity index (χ0) is 18.5. The molecule has 0 bridgehead atoms. The molecular formula is C16H23F2N3O3. The first-order valence-corrected chi connectivity index (χ1v) is 7.39. The number of benzene rings is 1. The summed E-state index contributed by atoms with van der Waals surface area (Å²) in [7, 11) is 0. The van der Waals surface area contributed by atoms with E-state index < -0.39 is 34.9 Å². The van der Waals surface area contributed by atoms with Gasteiger partial charge in [0.25, 0.3) is 0 Å². The minimum atomic E-state index is -0.842. The average molecular weight is 343 g/mol. The van der Waals surface area contributed by atoms with Gasteiger partial charge in [0.05, 0.1) is 11.2 Å². The fourth-order valence-electron chi connectivity index (χ4n) is 1.71. The summed E-state index contributed by atoms with van der Waals surface area (Å²) in [6.07, 6.45) is -0.617. The first-order chi connectivity index (χ1) is 10.9. The summed E-state index contributed by atoms with van der Waals surface area (Å²) in [5, 5.41) is 7.32. The maximum Gasteiger partial charge on any atom is 0.407 e. The minimum absolute atomic E-state index is 0.0843. The Kier molecular flexibility index (Phi) is 6.11. The number of urea groups is 1. The number of nitrogens with one attached hydrogen (secondary N) is 3. The van der Waals surface area contributed by atoms with Crippen molar-refractivity contribution >= 4 is 17.8 Å². The van der Waals surface area contributed by atoms with Crippen LogP contribution in [0.3, 0.4) is 0 Å². The summed E-state index contributed by atoms with van der Waals surface area (Å²) in [6.45, 7) is 8.60. The highest BCUT2D eigenvalue weighted by atomic mass is 19.1. The van der Waals surface area contributed by atoms with Crippen molar-refractivity contribution in [3.8, 4) is 0 Å². The first-order valence-electron chi connectivity index (χ1n) is 7.39. The van der Waals surface area contributed by atoms with Crippen molar-refractivity contribution in [2.45, 2.75) is 45.8 Å². The molecule has 24 heavy (non-hydrogen) atoms. The minimum Gasteiger partial charge on any atom is -0.444 e. The predicted octanol–water partition coefficient (Wildman–Crippen LogP) is 3.39. The Morgan fingerprint density at radius 3 is 2.33 bits per heavy atom. The highest BCUT2D eigenvalue weighted by Gasteiger charge is 2.24.